The SMILES string of the molecule is F[P-](F)(F)(F)(F)F.Fc1ccc(-c2[c-]cc(F)cc2F)nc1.Fc1ccc(-c2[c-]cc(F)cc2F)nc1.Fc1ccnc(-c2cc(F)ccn2)c1.[Ir+3]. The van der Waals surface area contributed by atoms with Gasteiger partial charge in [0.1, 0.15) is 23.3 Å². The Morgan fingerprint density at radius 2 is 0.750 bits per heavy atom. The molecule has 0 radical (unpaired) electrons. The number of nitrogens with zero attached hydrogens (tertiary/aromatic N) is 4. The molecule has 0 saturated carbocycles. The monoisotopic (exact) mass is 946 g/mol. The van der Waals surface area contributed by atoms with E-state index in [2.05, 4.69) is 32.1 Å². The molecule has 20 heteroatoms. The summed E-state index contributed by atoms with van der Waals surface area (Å²) < 4.78 is 161. The summed E-state index contributed by atoms with van der Waals surface area (Å²) in [7, 11) is -10.7. The van der Waals surface area contributed by atoms with Crippen LogP contribution in [0.2, 0.25) is 0 Å². The fraction of sp³-hybridized carbons (Fsp3) is 0. The average molecular weight is 946 g/mol. The summed E-state index contributed by atoms with van der Waals surface area (Å²) in [5.41, 5.74) is 1.13. The molecule has 0 N–H and O–H groups in total. The van der Waals surface area contributed by atoms with Gasteiger partial charge in [-0.2, -0.15) is 0 Å². The predicted octanol–water partition coefficient (Wildman–Crippen LogP) is 11.7. The van der Waals surface area contributed by atoms with Crippen molar-refractivity contribution in [1.82, 2.24) is 19.9 Å². The smallest absolute Gasteiger partial charge is 0.302 e. The first-order valence-electron chi connectivity index (χ1n) is 13.3. The van der Waals surface area contributed by atoms with E-state index in [1.54, 1.807) is 0 Å². The van der Waals surface area contributed by atoms with E-state index in [1.807, 2.05) is 0 Å². The van der Waals surface area contributed by atoms with Crippen LogP contribution in [0, 0.1) is 58.7 Å². The Morgan fingerprint density at radius 1 is 0.404 bits per heavy atom. The topological polar surface area (TPSA) is 51.6 Å². The van der Waals surface area contributed by atoms with E-state index in [0.717, 1.165) is 48.8 Å². The molecular weight excluding hydrogens is 930 g/mol. The first kappa shape index (κ1) is 43.3. The molecule has 6 rings (SSSR count). The molecule has 0 aliphatic heterocycles. The van der Waals surface area contributed by atoms with Crippen molar-refractivity contribution in [3.63, 3.8) is 0 Å². The minimum absolute atomic E-state index is 0. The van der Waals surface area contributed by atoms with Gasteiger partial charge in [0.25, 0.3) is 0 Å². The first-order chi connectivity index (χ1) is 23.5. The van der Waals surface area contributed by atoms with Gasteiger partial charge in [-0.1, -0.05) is 35.4 Å². The molecule has 4 aromatic heterocycles. The number of hydrogen-bond donors (Lipinski definition) is 0. The van der Waals surface area contributed by atoms with Crippen LogP contribution in [0.3, 0.4) is 0 Å². The van der Waals surface area contributed by atoms with Gasteiger partial charge >= 0.3 is 53.1 Å². The molecule has 4 nitrogen and oxygen atoms in total. The van der Waals surface area contributed by atoms with Crippen LogP contribution in [0.5, 0.6) is 0 Å². The third-order valence-corrected chi connectivity index (χ3v) is 5.39. The molecule has 0 aliphatic rings. The van der Waals surface area contributed by atoms with Crippen LogP contribution in [0.1, 0.15) is 0 Å². The zero-order valence-corrected chi connectivity index (χ0v) is 28.4. The third-order valence-electron chi connectivity index (χ3n) is 5.39. The summed E-state index contributed by atoms with van der Waals surface area (Å²) in [4.78, 5) is 15.1. The number of halogens is 14. The third kappa shape index (κ3) is 16.4. The minimum atomic E-state index is -10.7. The van der Waals surface area contributed by atoms with Crippen molar-refractivity contribution < 1.29 is 80.4 Å². The Labute approximate surface area is 297 Å². The minimum Gasteiger partial charge on any atom is -0.302 e. The molecule has 0 atom stereocenters. The zero-order valence-electron chi connectivity index (χ0n) is 25.1. The standard InChI is InChI=1S/2C11H5F3N.C10H6F2N2.F6P.Ir/c2*12-7-1-3-9(10(14)5-7)11-4-2-8(13)6-15-11;11-7-1-3-13-9(5-7)10-6-8(12)2-4-14-10;1-7(2,3,4,5)6;/h2*1-2,4-6H;1-6H;;/q2*-1;;-1;+3. The normalized spacial score (nSPS) is 11.8. The summed E-state index contributed by atoms with van der Waals surface area (Å²) >= 11 is 0. The van der Waals surface area contributed by atoms with Crippen LogP contribution >= 0.6 is 7.81 Å². The van der Waals surface area contributed by atoms with Crippen LogP contribution in [-0.4, -0.2) is 19.9 Å². The van der Waals surface area contributed by atoms with Gasteiger partial charge < -0.3 is 9.97 Å². The molecule has 0 fully saturated rings. The maximum Gasteiger partial charge on any atom is 3.00 e. The summed E-state index contributed by atoms with van der Waals surface area (Å²) in [5, 5.41) is 0. The molecule has 0 bridgehead atoms. The fourth-order valence-corrected chi connectivity index (χ4v) is 3.42. The van der Waals surface area contributed by atoms with E-state index in [4.69, 9.17) is 0 Å². The van der Waals surface area contributed by atoms with Crippen LogP contribution in [-0.2, 0) is 20.1 Å². The van der Waals surface area contributed by atoms with E-state index < -0.39 is 54.3 Å². The molecular formula is C32H16F14IrN4P. The largest absolute Gasteiger partial charge is 3.00 e. The summed E-state index contributed by atoms with van der Waals surface area (Å²) in [5.74, 6) is -4.82. The molecule has 52 heavy (non-hydrogen) atoms. The summed E-state index contributed by atoms with van der Waals surface area (Å²) in [6, 6.07) is 18.1. The second-order valence-corrected chi connectivity index (χ2v) is 11.4. The van der Waals surface area contributed by atoms with E-state index in [0.29, 0.717) is 11.4 Å². The number of aromatic nitrogens is 4. The molecule has 0 spiro atoms. The molecule has 0 saturated heterocycles. The average Bonchev–Trinajstić information content (AvgIpc) is 3.02. The second kappa shape index (κ2) is 17.1. The Kier molecular flexibility index (Phi) is 14.2. The van der Waals surface area contributed by atoms with Gasteiger partial charge in [-0.15, -0.1) is 24.3 Å². The predicted molar refractivity (Wildman–Crippen MR) is 158 cm³/mol. The Hall–Kier alpha value is -4.86. The van der Waals surface area contributed by atoms with E-state index in [9.17, 15) is 60.3 Å². The van der Waals surface area contributed by atoms with Gasteiger partial charge in [-0.25, -0.2) is 17.6 Å². The quantitative estimate of drug-likeness (QED) is 0.101. The first-order valence-corrected chi connectivity index (χ1v) is 15.3. The second-order valence-electron chi connectivity index (χ2n) is 9.48. The van der Waals surface area contributed by atoms with E-state index in [1.165, 1.54) is 48.8 Å². The molecule has 276 valence electrons. The molecule has 0 aliphatic carbocycles. The maximum absolute atomic E-state index is 13.2. The molecule has 0 unspecified atom stereocenters. The zero-order chi connectivity index (χ0) is 38.0. The van der Waals surface area contributed by atoms with Crippen molar-refractivity contribution in [2.24, 2.45) is 0 Å². The van der Waals surface area contributed by atoms with Gasteiger partial charge in [-0.3, -0.25) is 27.5 Å². The van der Waals surface area contributed by atoms with Gasteiger partial charge in [-0.05, 0) is 35.7 Å². The van der Waals surface area contributed by atoms with E-state index >= 15 is 0 Å². The summed E-state index contributed by atoms with van der Waals surface area (Å²) in [6.45, 7) is 0. The maximum atomic E-state index is 13.2. The van der Waals surface area contributed by atoms with Gasteiger partial charge in [0.15, 0.2) is 0 Å². The Bertz CT molecular complexity index is 1940. The van der Waals surface area contributed by atoms with E-state index in [-0.39, 0.29) is 42.6 Å². The number of pyridine rings is 4. The van der Waals surface area contributed by atoms with Crippen LogP contribution in [0.4, 0.5) is 60.3 Å². The van der Waals surface area contributed by atoms with Crippen molar-refractivity contribution >= 4 is 7.81 Å². The van der Waals surface area contributed by atoms with Crippen LogP contribution < -0.4 is 0 Å². The Balaban J connectivity index is 0.000000246. The van der Waals surface area contributed by atoms with Gasteiger partial charge in [0, 0.05) is 47.8 Å². The number of hydrogen-bond acceptors (Lipinski definition) is 4. The van der Waals surface area contributed by atoms with Crippen molar-refractivity contribution in [2.45, 2.75) is 0 Å². The van der Waals surface area contributed by atoms with Gasteiger partial charge in [0.2, 0.25) is 0 Å². The van der Waals surface area contributed by atoms with Crippen molar-refractivity contribution in [3.05, 3.63) is 156 Å². The number of benzene rings is 2. The molecule has 4 heterocycles. The van der Waals surface area contributed by atoms with Gasteiger partial charge in [0.05, 0.1) is 23.8 Å². The molecule has 2 aromatic carbocycles. The molecule has 6 aromatic rings. The van der Waals surface area contributed by atoms with Crippen LogP contribution in [0.15, 0.2) is 97.6 Å². The summed E-state index contributed by atoms with van der Waals surface area (Å²) in [6.07, 6.45) is 4.56. The van der Waals surface area contributed by atoms with Crippen molar-refractivity contribution in [1.29, 1.82) is 0 Å². The Morgan fingerprint density at radius 3 is 1.02 bits per heavy atom. The van der Waals surface area contributed by atoms with Crippen LogP contribution in [0.25, 0.3) is 33.9 Å². The van der Waals surface area contributed by atoms with Crippen molar-refractivity contribution in [2.75, 3.05) is 0 Å². The van der Waals surface area contributed by atoms with Crippen molar-refractivity contribution in [3.8, 4) is 33.9 Å². The number of rotatable bonds is 3. The molecule has 0 amide bonds. The fourth-order valence-electron chi connectivity index (χ4n) is 3.42.